The zero-order valence-corrected chi connectivity index (χ0v) is 28.6. The fourth-order valence-corrected chi connectivity index (χ4v) is 20.7. The summed E-state index contributed by atoms with van der Waals surface area (Å²) >= 11 is 3.67. The second-order valence-electron chi connectivity index (χ2n) is 10.8. The van der Waals surface area contributed by atoms with E-state index in [0.29, 0.717) is 11.2 Å². The van der Waals surface area contributed by atoms with E-state index in [1.165, 1.54) is 27.1 Å². The van der Waals surface area contributed by atoms with E-state index in [9.17, 15) is 14.4 Å². The molecule has 0 spiro atoms. The SMILES string of the molecule is CCC[CH2][Sn]([CH2]CCC)([CH2]CCC)[c]1nc(Cl)c2ncn([C@@H]3O[C@H](COC(C)=O)[C@@H](OC(C)=O)[C@H]3OC(C)=O)c2n1. The molecule has 3 rings (SSSR count). The summed E-state index contributed by atoms with van der Waals surface area (Å²) < 4.78 is 28.6. The number of halogens is 1. The number of imidazole rings is 1. The molecule has 0 N–H and O–H groups in total. The summed E-state index contributed by atoms with van der Waals surface area (Å²) in [5, 5.41) is 0.282. The molecule has 3 heterocycles. The molecule has 0 amide bonds. The molecule has 13 heteroatoms. The first kappa shape index (κ1) is 33.5. The van der Waals surface area contributed by atoms with E-state index in [0.717, 1.165) is 55.7 Å². The van der Waals surface area contributed by atoms with Gasteiger partial charge in [-0.3, -0.25) is 0 Å². The van der Waals surface area contributed by atoms with Crippen molar-refractivity contribution in [3.05, 3.63) is 11.5 Å². The van der Waals surface area contributed by atoms with Crippen molar-refractivity contribution >= 4 is 62.9 Å². The number of carbonyl (C=O) groups excluding carboxylic acids is 3. The van der Waals surface area contributed by atoms with E-state index in [2.05, 4.69) is 25.8 Å². The van der Waals surface area contributed by atoms with Crippen LogP contribution in [0.3, 0.4) is 0 Å². The van der Waals surface area contributed by atoms with Crippen molar-refractivity contribution in [3.8, 4) is 0 Å². The number of unbranched alkanes of at least 4 members (excludes halogenated alkanes) is 3. The third kappa shape index (κ3) is 8.31. The molecule has 0 aliphatic carbocycles. The molecule has 228 valence electrons. The average Bonchev–Trinajstić information content (AvgIpc) is 3.48. The molecule has 4 atom stereocenters. The van der Waals surface area contributed by atoms with E-state index < -0.39 is 60.8 Å². The van der Waals surface area contributed by atoms with Crippen molar-refractivity contribution in [1.82, 2.24) is 19.5 Å². The Kier molecular flexibility index (Phi) is 12.6. The van der Waals surface area contributed by atoms with Crippen LogP contribution < -0.4 is 3.84 Å². The van der Waals surface area contributed by atoms with Crippen molar-refractivity contribution in [1.29, 1.82) is 0 Å². The Morgan fingerprint density at radius 3 is 1.98 bits per heavy atom. The molecule has 1 fully saturated rings. The van der Waals surface area contributed by atoms with Gasteiger partial charge in [-0.15, -0.1) is 0 Å². The molecule has 0 saturated carbocycles. The first-order valence-corrected chi connectivity index (χ1v) is 22.5. The summed E-state index contributed by atoms with van der Waals surface area (Å²) in [5.41, 5.74) is 0.886. The van der Waals surface area contributed by atoms with E-state index >= 15 is 0 Å². The van der Waals surface area contributed by atoms with E-state index in [1.807, 2.05) is 0 Å². The van der Waals surface area contributed by atoms with Crippen LogP contribution in [-0.2, 0) is 33.3 Å². The normalized spacial score (nSPS) is 20.8. The molecule has 11 nitrogen and oxygen atoms in total. The summed E-state index contributed by atoms with van der Waals surface area (Å²) in [6.07, 6.45) is 4.31. The van der Waals surface area contributed by atoms with Crippen molar-refractivity contribution in [3.63, 3.8) is 0 Å². The molecule has 2 aromatic rings. The molecule has 1 aliphatic heterocycles. The van der Waals surface area contributed by atoms with Crippen molar-refractivity contribution < 1.29 is 33.3 Å². The quantitative estimate of drug-likeness (QED) is 0.110. The number of carbonyl (C=O) groups is 3. The Morgan fingerprint density at radius 1 is 0.902 bits per heavy atom. The third-order valence-corrected chi connectivity index (χ3v) is 22.3. The number of nitrogens with zero attached hydrogens (tertiary/aromatic N) is 4. The second kappa shape index (κ2) is 15.5. The van der Waals surface area contributed by atoms with Gasteiger partial charge >= 0.3 is 252 Å². The standard InChI is InChI=1S/C16H16ClN4O7.3C4H9.Sn/c1-7(22)25-4-10-12(26-8(2)23)13(27-9(3)24)16(28-10)21-6-20-11-14(17)18-5-19-15(11)21;3*1-3-4-2;/h6,10,12-13,16H,4H2,1-3H3;3*1,3-4H2,2H3;/t10-,12-,13-,16-;;;;/m1..../s1. The van der Waals surface area contributed by atoms with Gasteiger partial charge in [-0.2, -0.15) is 0 Å². The van der Waals surface area contributed by atoms with Crippen LogP contribution in [0.15, 0.2) is 6.33 Å². The Labute approximate surface area is 250 Å². The van der Waals surface area contributed by atoms with Gasteiger partial charge < -0.3 is 0 Å². The number of hydrogen-bond acceptors (Lipinski definition) is 10. The van der Waals surface area contributed by atoms with Crippen LogP contribution in [0.2, 0.25) is 18.5 Å². The minimum atomic E-state index is -3.10. The zero-order valence-electron chi connectivity index (χ0n) is 25.0. The zero-order chi connectivity index (χ0) is 30.2. The van der Waals surface area contributed by atoms with Crippen LogP contribution in [-0.4, -0.2) is 80.7 Å². The van der Waals surface area contributed by atoms with Crippen molar-refractivity contribution in [2.45, 2.75) is 118 Å². The number of fused-ring (bicyclic) bond motifs is 1. The fourth-order valence-electron chi connectivity index (χ4n) is 5.48. The van der Waals surface area contributed by atoms with Crippen LogP contribution in [0.25, 0.3) is 11.2 Å². The monoisotopic (exact) mass is 702 g/mol. The van der Waals surface area contributed by atoms with Crippen LogP contribution >= 0.6 is 11.6 Å². The van der Waals surface area contributed by atoms with Gasteiger partial charge in [-0.25, -0.2) is 0 Å². The fraction of sp³-hybridized carbons (Fsp3) is 0.714. The first-order chi connectivity index (χ1) is 19.6. The van der Waals surface area contributed by atoms with E-state index in [4.69, 9.17) is 40.5 Å². The summed E-state index contributed by atoms with van der Waals surface area (Å²) in [5.74, 6) is -1.69. The number of esters is 3. The van der Waals surface area contributed by atoms with Crippen LogP contribution in [0.5, 0.6) is 0 Å². The molecule has 2 aromatic heterocycles. The predicted octanol–water partition coefficient (Wildman–Crippen LogP) is 4.86. The van der Waals surface area contributed by atoms with Gasteiger partial charge in [0.05, 0.1) is 0 Å². The van der Waals surface area contributed by atoms with Crippen LogP contribution in [0.4, 0.5) is 0 Å². The number of ether oxygens (including phenoxy) is 4. The minimum absolute atomic E-state index is 0.195. The number of hydrogen-bond donors (Lipinski definition) is 0. The Bertz CT molecular complexity index is 1190. The van der Waals surface area contributed by atoms with E-state index in [-0.39, 0.29) is 11.8 Å². The van der Waals surface area contributed by atoms with Gasteiger partial charge in [-0.1, -0.05) is 0 Å². The summed E-state index contributed by atoms with van der Waals surface area (Å²) in [6.45, 7) is 10.2. The van der Waals surface area contributed by atoms with Gasteiger partial charge in [0.1, 0.15) is 0 Å². The molecule has 0 aromatic carbocycles. The molecule has 0 unspecified atom stereocenters. The van der Waals surface area contributed by atoms with Gasteiger partial charge in [0.2, 0.25) is 0 Å². The maximum absolute atomic E-state index is 12.2. The average molecular weight is 702 g/mol. The van der Waals surface area contributed by atoms with Gasteiger partial charge in [-0.05, 0) is 0 Å². The van der Waals surface area contributed by atoms with Crippen LogP contribution in [0, 0.1) is 0 Å². The summed E-state index contributed by atoms with van der Waals surface area (Å²) in [6, 6.07) is 0. The molecule has 1 aliphatic rings. The van der Waals surface area contributed by atoms with Gasteiger partial charge in [0.15, 0.2) is 0 Å². The molecule has 41 heavy (non-hydrogen) atoms. The summed E-state index contributed by atoms with van der Waals surface area (Å²) in [7, 11) is 0. The number of aromatic nitrogens is 4. The number of rotatable bonds is 15. The first-order valence-electron chi connectivity index (χ1n) is 14.6. The maximum atomic E-state index is 12.2. The summed E-state index contributed by atoms with van der Waals surface area (Å²) in [4.78, 5) is 50.2. The molecule has 1 saturated heterocycles. The Balaban J connectivity index is 2.15. The molecule has 0 bridgehead atoms. The molecular weight excluding hydrogens is 658 g/mol. The van der Waals surface area contributed by atoms with Gasteiger partial charge in [0.25, 0.3) is 0 Å². The van der Waals surface area contributed by atoms with Crippen LogP contribution in [0.1, 0.15) is 86.3 Å². The Morgan fingerprint density at radius 2 is 1.46 bits per heavy atom. The topological polar surface area (TPSA) is 132 Å². The molecular formula is C28H43ClN4O7Sn. The van der Waals surface area contributed by atoms with Crippen molar-refractivity contribution in [2.24, 2.45) is 0 Å². The third-order valence-electron chi connectivity index (χ3n) is 7.49. The Hall–Kier alpha value is -1.99. The van der Waals surface area contributed by atoms with Gasteiger partial charge in [0, 0.05) is 0 Å². The predicted molar refractivity (Wildman–Crippen MR) is 157 cm³/mol. The van der Waals surface area contributed by atoms with E-state index in [1.54, 1.807) is 4.57 Å². The second-order valence-corrected chi connectivity index (χ2v) is 24.0. The van der Waals surface area contributed by atoms with Crippen molar-refractivity contribution in [2.75, 3.05) is 6.61 Å². The molecule has 0 radical (unpaired) electrons.